The summed E-state index contributed by atoms with van der Waals surface area (Å²) in [6, 6.07) is 19.3. The number of hydrogen-bond acceptors (Lipinski definition) is 5. The molecule has 0 fully saturated rings. The molecule has 6 heteroatoms. The Labute approximate surface area is 152 Å². The van der Waals surface area contributed by atoms with Gasteiger partial charge in [-0.15, -0.1) is 0 Å². The smallest absolute Gasteiger partial charge is 0.233 e. The number of azo groups is 1. The minimum Gasteiger partial charge on any atom is -0.349 e. The van der Waals surface area contributed by atoms with Gasteiger partial charge in [-0.05, 0) is 36.8 Å². The minimum absolute atomic E-state index is 0.426. The van der Waals surface area contributed by atoms with Crippen molar-refractivity contribution in [3.05, 3.63) is 77.6 Å². The second-order valence-electron chi connectivity index (χ2n) is 5.53. The summed E-state index contributed by atoms with van der Waals surface area (Å²) >= 11 is 0. The van der Waals surface area contributed by atoms with Gasteiger partial charge in [0.1, 0.15) is 11.5 Å². The van der Waals surface area contributed by atoms with E-state index in [1.165, 1.54) is 0 Å². The van der Waals surface area contributed by atoms with Crippen molar-refractivity contribution in [3.63, 3.8) is 0 Å². The van der Waals surface area contributed by atoms with E-state index in [9.17, 15) is 0 Å². The van der Waals surface area contributed by atoms with Crippen molar-refractivity contribution in [1.29, 1.82) is 0 Å². The molecule has 0 saturated heterocycles. The van der Waals surface area contributed by atoms with Crippen LogP contribution in [0.1, 0.15) is 5.56 Å². The van der Waals surface area contributed by atoms with Gasteiger partial charge in [0.25, 0.3) is 0 Å². The van der Waals surface area contributed by atoms with E-state index in [2.05, 4.69) is 30.7 Å². The number of rotatable bonds is 5. The van der Waals surface area contributed by atoms with Crippen LogP contribution >= 0.6 is 0 Å². The van der Waals surface area contributed by atoms with Gasteiger partial charge in [0, 0.05) is 18.4 Å². The van der Waals surface area contributed by atoms with Crippen LogP contribution in [0.15, 0.2) is 70.9 Å². The molecular weight excluding hydrogens is 324 g/mol. The third kappa shape index (κ3) is 3.68. The first-order chi connectivity index (χ1) is 12.7. The molecule has 0 bridgehead atoms. The number of anilines is 4. The van der Waals surface area contributed by atoms with Crippen LogP contribution in [0.25, 0.3) is 4.85 Å². The fourth-order valence-corrected chi connectivity index (χ4v) is 2.53. The summed E-state index contributed by atoms with van der Waals surface area (Å²) in [4.78, 5) is 8.28. The lowest BCUT2D eigenvalue weighted by Gasteiger charge is -2.15. The second-order valence-corrected chi connectivity index (χ2v) is 5.53. The first kappa shape index (κ1) is 17.1. The summed E-state index contributed by atoms with van der Waals surface area (Å²) < 4.78 is 0. The molecule has 2 aromatic carbocycles. The number of pyridine rings is 1. The van der Waals surface area contributed by atoms with Gasteiger partial charge in [0.05, 0.1) is 6.57 Å². The monoisotopic (exact) mass is 342 g/mol. The zero-order valence-electron chi connectivity index (χ0n) is 14.6. The Kier molecular flexibility index (Phi) is 5.20. The van der Waals surface area contributed by atoms with Crippen molar-refractivity contribution >= 4 is 34.4 Å². The molecular formula is C20H18N6. The number of benzene rings is 2. The molecule has 0 saturated carbocycles. The summed E-state index contributed by atoms with van der Waals surface area (Å²) in [5, 5.41) is 14.6. The molecule has 0 radical (unpaired) electrons. The van der Waals surface area contributed by atoms with Crippen molar-refractivity contribution in [2.45, 2.75) is 6.92 Å². The maximum Gasteiger partial charge on any atom is 0.233 e. The molecule has 2 N–H and O–H groups in total. The molecule has 3 rings (SSSR count). The van der Waals surface area contributed by atoms with Crippen LogP contribution in [0.5, 0.6) is 0 Å². The van der Waals surface area contributed by atoms with Crippen LogP contribution in [0.2, 0.25) is 0 Å². The normalized spacial score (nSPS) is 10.5. The number of aromatic nitrogens is 1. The van der Waals surface area contributed by atoms with Gasteiger partial charge in [0.15, 0.2) is 5.82 Å². The number of nitrogens with zero attached hydrogens (tertiary/aromatic N) is 4. The van der Waals surface area contributed by atoms with Gasteiger partial charge in [-0.1, -0.05) is 36.4 Å². The van der Waals surface area contributed by atoms with Crippen LogP contribution in [-0.2, 0) is 0 Å². The van der Waals surface area contributed by atoms with Crippen molar-refractivity contribution < 1.29 is 0 Å². The van der Waals surface area contributed by atoms with Gasteiger partial charge < -0.3 is 10.6 Å². The van der Waals surface area contributed by atoms with Crippen molar-refractivity contribution in [3.8, 4) is 0 Å². The van der Waals surface area contributed by atoms with E-state index in [-0.39, 0.29) is 0 Å². The predicted octanol–water partition coefficient (Wildman–Crippen LogP) is 6.14. The Morgan fingerprint density at radius 1 is 0.885 bits per heavy atom. The average Bonchev–Trinajstić information content (AvgIpc) is 2.67. The highest BCUT2D eigenvalue weighted by atomic mass is 15.2. The maximum atomic E-state index is 7.56. The zero-order chi connectivity index (χ0) is 18.4. The lowest BCUT2D eigenvalue weighted by molar-refractivity contribution is 1.13. The predicted molar refractivity (Wildman–Crippen MR) is 105 cm³/mol. The second kappa shape index (κ2) is 7.90. The van der Waals surface area contributed by atoms with Crippen molar-refractivity contribution in [2.75, 3.05) is 17.7 Å². The van der Waals surface area contributed by atoms with Crippen LogP contribution in [-0.4, -0.2) is 12.0 Å². The van der Waals surface area contributed by atoms with Gasteiger partial charge in [-0.3, -0.25) is 0 Å². The SMILES string of the molecule is [C-]#[N+]c1c(Nc2ccccc2)nc(Nc2ccccc2)c(N=NC)c1C. The largest absolute Gasteiger partial charge is 0.349 e. The Bertz CT molecular complexity index is 959. The van der Waals surface area contributed by atoms with Gasteiger partial charge in [-0.2, -0.15) is 10.2 Å². The van der Waals surface area contributed by atoms with Gasteiger partial charge >= 0.3 is 0 Å². The van der Waals surface area contributed by atoms with E-state index in [1.807, 2.05) is 67.6 Å². The fraction of sp³-hybridized carbons (Fsp3) is 0.100. The molecule has 0 atom stereocenters. The third-order valence-corrected chi connectivity index (χ3v) is 3.77. The minimum atomic E-state index is 0.426. The first-order valence-corrected chi connectivity index (χ1v) is 8.09. The van der Waals surface area contributed by atoms with Gasteiger partial charge in [-0.25, -0.2) is 9.83 Å². The van der Waals surface area contributed by atoms with E-state index >= 15 is 0 Å². The lowest BCUT2D eigenvalue weighted by Crippen LogP contribution is -2.01. The first-order valence-electron chi connectivity index (χ1n) is 8.09. The summed E-state index contributed by atoms with van der Waals surface area (Å²) in [5.74, 6) is 1.03. The van der Waals surface area contributed by atoms with Crippen LogP contribution < -0.4 is 10.6 Å². The quantitative estimate of drug-likeness (QED) is 0.432. The summed E-state index contributed by atoms with van der Waals surface area (Å²) in [6.07, 6.45) is 0. The van der Waals surface area contributed by atoms with Gasteiger partial charge in [0.2, 0.25) is 5.69 Å². The van der Waals surface area contributed by atoms with E-state index in [1.54, 1.807) is 7.05 Å². The molecule has 0 aliphatic rings. The average molecular weight is 342 g/mol. The molecule has 0 aliphatic carbocycles. The molecule has 1 aromatic heterocycles. The number of para-hydroxylation sites is 2. The van der Waals surface area contributed by atoms with Crippen LogP contribution in [0.4, 0.5) is 34.4 Å². The molecule has 0 unspecified atom stereocenters. The summed E-state index contributed by atoms with van der Waals surface area (Å²) in [6.45, 7) is 9.42. The standard InChI is InChI=1S/C20H18N6/c1-14-17(21-2)19(23-15-10-6-4-7-11-15)25-20(18(14)26-22-3)24-16-12-8-5-9-13-16/h4-13H,1,3H3,(H2,23,24,25). The van der Waals surface area contributed by atoms with Crippen LogP contribution in [0.3, 0.4) is 0 Å². The molecule has 0 spiro atoms. The van der Waals surface area contributed by atoms with E-state index < -0.39 is 0 Å². The van der Waals surface area contributed by atoms with Crippen molar-refractivity contribution in [1.82, 2.24) is 4.98 Å². The summed E-state index contributed by atoms with van der Waals surface area (Å²) in [5.41, 5.74) is 3.45. The highest BCUT2D eigenvalue weighted by Gasteiger charge is 2.18. The Morgan fingerprint density at radius 3 is 1.92 bits per heavy atom. The van der Waals surface area contributed by atoms with E-state index in [4.69, 9.17) is 6.57 Å². The number of nitrogens with one attached hydrogen (secondary N) is 2. The highest BCUT2D eigenvalue weighted by Crippen LogP contribution is 2.41. The van der Waals surface area contributed by atoms with E-state index in [0.717, 1.165) is 16.9 Å². The zero-order valence-corrected chi connectivity index (χ0v) is 14.6. The Balaban J connectivity index is 2.11. The lowest BCUT2D eigenvalue weighted by atomic mass is 10.1. The topological polar surface area (TPSA) is 66.0 Å². The summed E-state index contributed by atoms with van der Waals surface area (Å²) in [7, 11) is 1.60. The maximum absolute atomic E-state index is 7.56. The highest BCUT2D eigenvalue weighted by molar-refractivity contribution is 5.85. The van der Waals surface area contributed by atoms with Crippen molar-refractivity contribution in [2.24, 2.45) is 10.2 Å². The molecule has 1 heterocycles. The van der Waals surface area contributed by atoms with Crippen LogP contribution in [0, 0.1) is 13.5 Å². The molecule has 0 aliphatic heterocycles. The molecule has 6 nitrogen and oxygen atoms in total. The Hall–Kier alpha value is -3.72. The Morgan fingerprint density at radius 2 is 1.42 bits per heavy atom. The molecule has 128 valence electrons. The number of hydrogen-bond donors (Lipinski definition) is 2. The van der Waals surface area contributed by atoms with E-state index in [0.29, 0.717) is 23.0 Å². The fourth-order valence-electron chi connectivity index (χ4n) is 2.53. The third-order valence-electron chi connectivity index (χ3n) is 3.77. The molecule has 3 aromatic rings. The molecule has 0 amide bonds. The molecule has 26 heavy (non-hydrogen) atoms.